The number of nitrogen functional groups attached to an aromatic ring is 1. The second-order valence-corrected chi connectivity index (χ2v) is 5.43. The highest BCUT2D eigenvalue weighted by molar-refractivity contribution is 7.98. The summed E-state index contributed by atoms with van der Waals surface area (Å²) in [4.78, 5) is 11.9. The van der Waals surface area contributed by atoms with Crippen LogP contribution in [0.5, 0.6) is 0 Å². The number of hydrogen-bond donors (Lipinski definition) is 2. The SMILES string of the molecule is CSc1nn(CC(=O)Nc2ccc(Cl)cc2)c(=S)n1N. The van der Waals surface area contributed by atoms with Crippen LogP contribution in [0.4, 0.5) is 5.69 Å². The highest BCUT2D eigenvalue weighted by Crippen LogP contribution is 2.14. The first-order valence-electron chi connectivity index (χ1n) is 5.55. The van der Waals surface area contributed by atoms with Crippen molar-refractivity contribution in [2.75, 3.05) is 17.4 Å². The van der Waals surface area contributed by atoms with E-state index in [0.29, 0.717) is 20.6 Å². The van der Waals surface area contributed by atoms with E-state index < -0.39 is 0 Å². The highest BCUT2D eigenvalue weighted by Gasteiger charge is 2.11. The van der Waals surface area contributed by atoms with E-state index in [0.717, 1.165) is 0 Å². The minimum atomic E-state index is -0.242. The van der Waals surface area contributed by atoms with Crippen LogP contribution in [-0.2, 0) is 11.3 Å². The number of anilines is 1. The van der Waals surface area contributed by atoms with Crippen LogP contribution in [0.2, 0.25) is 5.02 Å². The summed E-state index contributed by atoms with van der Waals surface area (Å²) >= 11 is 12.2. The van der Waals surface area contributed by atoms with Crippen LogP contribution >= 0.6 is 35.6 Å². The van der Waals surface area contributed by atoms with E-state index in [1.807, 2.05) is 6.26 Å². The van der Waals surface area contributed by atoms with Gasteiger partial charge in [0.15, 0.2) is 0 Å². The predicted molar refractivity (Wildman–Crippen MR) is 83.1 cm³/mol. The Hall–Kier alpha value is -1.51. The molecule has 1 aromatic heterocycles. The number of thioether (sulfide) groups is 1. The lowest BCUT2D eigenvalue weighted by molar-refractivity contribution is -0.116. The minimum absolute atomic E-state index is 0.000774. The third-order valence-corrected chi connectivity index (χ3v) is 3.75. The van der Waals surface area contributed by atoms with Gasteiger partial charge in [0.1, 0.15) is 6.54 Å². The summed E-state index contributed by atoms with van der Waals surface area (Å²) in [5.74, 6) is 5.48. The maximum Gasteiger partial charge on any atom is 0.246 e. The van der Waals surface area contributed by atoms with Crippen molar-refractivity contribution in [2.45, 2.75) is 11.7 Å². The van der Waals surface area contributed by atoms with Crippen molar-refractivity contribution >= 4 is 47.2 Å². The summed E-state index contributed by atoms with van der Waals surface area (Å²) < 4.78 is 2.95. The third kappa shape index (κ3) is 3.33. The van der Waals surface area contributed by atoms with Crippen molar-refractivity contribution in [2.24, 2.45) is 0 Å². The van der Waals surface area contributed by atoms with Gasteiger partial charge in [-0.3, -0.25) is 4.79 Å². The number of amides is 1. The molecule has 0 aliphatic heterocycles. The Labute approximate surface area is 129 Å². The lowest BCUT2D eigenvalue weighted by Gasteiger charge is -2.05. The summed E-state index contributed by atoms with van der Waals surface area (Å²) in [6.07, 6.45) is 1.83. The summed E-state index contributed by atoms with van der Waals surface area (Å²) in [6.45, 7) is -0.000774. The molecule has 1 amide bonds. The van der Waals surface area contributed by atoms with Crippen LogP contribution in [-0.4, -0.2) is 26.6 Å². The van der Waals surface area contributed by atoms with Crippen molar-refractivity contribution in [1.29, 1.82) is 0 Å². The lowest BCUT2D eigenvalue weighted by atomic mass is 10.3. The Morgan fingerprint density at radius 1 is 1.50 bits per heavy atom. The molecule has 0 aliphatic rings. The van der Waals surface area contributed by atoms with Gasteiger partial charge in [-0.2, -0.15) is 0 Å². The second-order valence-electron chi connectivity index (χ2n) is 3.85. The highest BCUT2D eigenvalue weighted by atomic mass is 35.5. The van der Waals surface area contributed by atoms with Gasteiger partial charge < -0.3 is 11.2 Å². The van der Waals surface area contributed by atoms with Gasteiger partial charge in [0, 0.05) is 10.7 Å². The fourth-order valence-electron chi connectivity index (χ4n) is 1.51. The van der Waals surface area contributed by atoms with Gasteiger partial charge in [-0.25, -0.2) is 9.36 Å². The predicted octanol–water partition coefficient (Wildman–Crippen LogP) is 2.14. The third-order valence-electron chi connectivity index (χ3n) is 2.44. The van der Waals surface area contributed by atoms with Crippen LogP contribution < -0.4 is 11.2 Å². The average Bonchev–Trinajstić information content (AvgIpc) is 2.69. The number of carbonyl (C=O) groups is 1. The number of aromatic nitrogens is 3. The number of carbonyl (C=O) groups excluding carboxylic acids is 1. The molecule has 9 heteroatoms. The Morgan fingerprint density at radius 3 is 2.70 bits per heavy atom. The van der Waals surface area contributed by atoms with Crippen LogP contribution in [0, 0.1) is 4.77 Å². The van der Waals surface area contributed by atoms with Crippen molar-refractivity contribution in [3.8, 4) is 0 Å². The summed E-state index contributed by atoms with van der Waals surface area (Å²) in [5.41, 5.74) is 0.656. The Morgan fingerprint density at radius 2 is 2.15 bits per heavy atom. The van der Waals surface area contributed by atoms with Crippen LogP contribution in [0.1, 0.15) is 0 Å². The fourth-order valence-corrected chi connectivity index (χ4v) is 2.35. The molecule has 1 aromatic carbocycles. The second kappa shape index (κ2) is 6.29. The molecule has 0 saturated carbocycles. The van der Waals surface area contributed by atoms with Crippen molar-refractivity contribution in [3.05, 3.63) is 34.1 Å². The topological polar surface area (TPSA) is 77.9 Å². The number of rotatable bonds is 4. The maximum atomic E-state index is 11.9. The first-order valence-corrected chi connectivity index (χ1v) is 7.56. The monoisotopic (exact) mass is 329 g/mol. The number of benzene rings is 1. The van der Waals surface area contributed by atoms with E-state index >= 15 is 0 Å². The lowest BCUT2D eigenvalue weighted by Crippen LogP contribution is -2.20. The molecular weight excluding hydrogens is 318 g/mol. The molecule has 0 radical (unpaired) electrons. The Kier molecular flexibility index (Phi) is 4.69. The molecule has 106 valence electrons. The summed E-state index contributed by atoms with van der Waals surface area (Å²) in [5, 5.41) is 8.04. The quantitative estimate of drug-likeness (QED) is 0.510. The van der Waals surface area contributed by atoms with E-state index in [4.69, 9.17) is 29.7 Å². The van der Waals surface area contributed by atoms with Crippen molar-refractivity contribution in [3.63, 3.8) is 0 Å². The van der Waals surface area contributed by atoms with Crippen LogP contribution in [0.15, 0.2) is 29.4 Å². The van der Waals surface area contributed by atoms with Gasteiger partial charge in [-0.1, -0.05) is 23.4 Å². The van der Waals surface area contributed by atoms with Crippen LogP contribution in [0.3, 0.4) is 0 Å². The van der Waals surface area contributed by atoms with Gasteiger partial charge >= 0.3 is 0 Å². The van der Waals surface area contributed by atoms with Crippen LogP contribution in [0.25, 0.3) is 0 Å². The molecule has 0 bridgehead atoms. The molecule has 0 unspecified atom stereocenters. The first-order chi connectivity index (χ1) is 9.51. The molecule has 2 aromatic rings. The zero-order chi connectivity index (χ0) is 14.7. The number of nitrogens with two attached hydrogens (primary N) is 1. The molecule has 6 nitrogen and oxygen atoms in total. The zero-order valence-corrected chi connectivity index (χ0v) is 12.9. The minimum Gasteiger partial charge on any atom is -0.335 e. The molecule has 0 saturated heterocycles. The molecule has 2 rings (SSSR count). The zero-order valence-electron chi connectivity index (χ0n) is 10.5. The maximum absolute atomic E-state index is 11.9. The molecule has 0 fully saturated rings. The number of nitrogens with zero attached hydrogens (tertiary/aromatic N) is 3. The fraction of sp³-hybridized carbons (Fsp3) is 0.182. The molecule has 0 atom stereocenters. The molecular formula is C11H12ClN5OS2. The van der Waals surface area contributed by atoms with Crippen molar-refractivity contribution in [1.82, 2.24) is 14.5 Å². The average molecular weight is 330 g/mol. The van der Waals surface area contributed by atoms with E-state index in [1.54, 1.807) is 24.3 Å². The molecule has 0 aliphatic carbocycles. The smallest absolute Gasteiger partial charge is 0.246 e. The van der Waals surface area contributed by atoms with E-state index in [9.17, 15) is 4.79 Å². The van der Waals surface area contributed by atoms with Crippen molar-refractivity contribution < 1.29 is 4.79 Å². The molecule has 20 heavy (non-hydrogen) atoms. The number of nitrogens with one attached hydrogen (secondary N) is 1. The molecule has 0 spiro atoms. The first kappa shape index (κ1) is 14.9. The molecule has 3 N–H and O–H groups in total. The van der Waals surface area contributed by atoms with Gasteiger partial charge in [-0.05, 0) is 42.7 Å². The Balaban J connectivity index is 2.08. The number of halogens is 1. The van der Waals surface area contributed by atoms with E-state index in [1.165, 1.54) is 21.1 Å². The summed E-state index contributed by atoms with van der Waals surface area (Å²) in [6, 6.07) is 6.83. The van der Waals surface area contributed by atoms with E-state index in [-0.39, 0.29) is 12.5 Å². The van der Waals surface area contributed by atoms with Gasteiger partial charge in [-0.15, -0.1) is 5.10 Å². The standard InChI is InChI=1S/C11H12ClN5OS2/c1-20-10-15-16(11(19)17(10)13)6-9(18)14-8-4-2-7(12)3-5-8/h2-5H,6,13H2,1H3,(H,14,18). The van der Waals surface area contributed by atoms with Gasteiger partial charge in [0.2, 0.25) is 15.8 Å². The van der Waals surface area contributed by atoms with E-state index in [2.05, 4.69) is 10.4 Å². The molecule has 1 heterocycles. The number of hydrogen-bond acceptors (Lipinski definition) is 5. The Bertz CT molecular complexity index is 679. The largest absolute Gasteiger partial charge is 0.335 e. The normalized spacial score (nSPS) is 10.5. The summed E-state index contributed by atoms with van der Waals surface area (Å²) in [7, 11) is 0. The van der Waals surface area contributed by atoms with Gasteiger partial charge in [0.05, 0.1) is 0 Å². The van der Waals surface area contributed by atoms with Gasteiger partial charge in [0.25, 0.3) is 0 Å².